The Balaban J connectivity index is 1.94. The Morgan fingerprint density at radius 1 is 1.40 bits per heavy atom. The van der Waals surface area contributed by atoms with Crippen molar-refractivity contribution in [2.75, 3.05) is 13.1 Å². The van der Waals surface area contributed by atoms with Gasteiger partial charge in [-0.15, -0.1) is 0 Å². The van der Waals surface area contributed by atoms with E-state index in [9.17, 15) is 13.4 Å². The summed E-state index contributed by atoms with van der Waals surface area (Å²) in [7, 11) is -1.37. The maximum atomic E-state index is 14.2. The van der Waals surface area contributed by atoms with E-state index in [0.717, 1.165) is 0 Å². The summed E-state index contributed by atoms with van der Waals surface area (Å²) >= 11 is 0. The lowest BCUT2D eigenvalue weighted by atomic mass is 9.83. The van der Waals surface area contributed by atoms with Crippen LogP contribution in [-0.4, -0.2) is 43.7 Å². The maximum absolute atomic E-state index is 14.2. The number of amides is 1. The first-order chi connectivity index (χ1) is 11.6. The topological polar surface area (TPSA) is 78.9 Å². The molecular formula is C17H23FN2O4S. The van der Waals surface area contributed by atoms with Gasteiger partial charge < -0.3 is 14.7 Å². The zero-order valence-corrected chi connectivity index (χ0v) is 15.4. The van der Waals surface area contributed by atoms with Crippen molar-refractivity contribution in [3.8, 4) is 5.75 Å². The molecule has 1 saturated heterocycles. The Kier molecular flexibility index (Phi) is 4.53. The van der Waals surface area contributed by atoms with Crippen molar-refractivity contribution in [2.24, 2.45) is 0 Å². The van der Waals surface area contributed by atoms with Crippen LogP contribution < -0.4 is 9.46 Å². The van der Waals surface area contributed by atoms with Crippen molar-refractivity contribution in [1.82, 2.24) is 9.62 Å². The molecule has 1 unspecified atom stereocenters. The second kappa shape index (κ2) is 6.25. The smallest absolute Gasteiger partial charge is 0.407 e. The monoisotopic (exact) mass is 370 g/mol. The number of nitrogens with zero attached hydrogens (tertiary/aromatic N) is 1. The molecule has 2 aliphatic heterocycles. The van der Waals surface area contributed by atoms with Crippen LogP contribution in [0, 0.1) is 5.82 Å². The number of fused-ring (bicyclic) bond motifs is 1. The molecule has 1 fully saturated rings. The number of ether oxygens (including phenoxy) is 1. The molecule has 0 bridgehead atoms. The second-order valence-electron chi connectivity index (χ2n) is 7.53. The van der Waals surface area contributed by atoms with E-state index in [0.29, 0.717) is 31.5 Å². The number of hydrogen-bond donors (Lipinski definition) is 2. The molecule has 1 spiro atoms. The fourth-order valence-electron chi connectivity index (χ4n) is 3.33. The number of benzene rings is 1. The molecule has 138 valence electrons. The van der Waals surface area contributed by atoms with E-state index in [1.165, 1.54) is 11.0 Å². The van der Waals surface area contributed by atoms with Gasteiger partial charge >= 0.3 is 6.09 Å². The molecule has 0 aliphatic carbocycles. The van der Waals surface area contributed by atoms with Crippen molar-refractivity contribution in [3.63, 3.8) is 0 Å². The molecule has 0 saturated carbocycles. The molecule has 0 radical (unpaired) electrons. The number of carboxylic acid groups (broad SMARTS) is 1. The molecule has 3 rings (SSSR count). The highest BCUT2D eigenvalue weighted by atomic mass is 32.2. The number of hydrogen-bond acceptors (Lipinski definition) is 3. The van der Waals surface area contributed by atoms with Crippen LogP contribution in [0.5, 0.6) is 5.75 Å². The quantitative estimate of drug-likeness (QED) is 0.839. The highest BCUT2D eigenvalue weighted by Crippen LogP contribution is 2.49. The Morgan fingerprint density at radius 3 is 2.60 bits per heavy atom. The van der Waals surface area contributed by atoms with E-state index in [4.69, 9.17) is 9.84 Å². The van der Waals surface area contributed by atoms with E-state index in [2.05, 4.69) is 4.72 Å². The highest BCUT2D eigenvalue weighted by Gasteiger charge is 2.52. The normalized spacial score (nSPS) is 23.2. The number of halogens is 1. The molecule has 2 aliphatic rings. The van der Waals surface area contributed by atoms with Gasteiger partial charge in [0.1, 0.15) is 5.60 Å². The minimum Gasteiger partial charge on any atom is -0.482 e. The molecule has 0 aromatic heterocycles. The van der Waals surface area contributed by atoms with Crippen LogP contribution in [0.3, 0.4) is 0 Å². The first kappa shape index (κ1) is 18.1. The summed E-state index contributed by atoms with van der Waals surface area (Å²) in [5.74, 6) is -0.280. The molecule has 2 heterocycles. The number of piperidine rings is 1. The van der Waals surface area contributed by atoms with Crippen molar-refractivity contribution < 1.29 is 23.2 Å². The van der Waals surface area contributed by atoms with Gasteiger partial charge in [-0.3, -0.25) is 0 Å². The van der Waals surface area contributed by atoms with Gasteiger partial charge in [0.25, 0.3) is 0 Å². The van der Waals surface area contributed by atoms with Gasteiger partial charge in [0.05, 0.1) is 21.8 Å². The summed E-state index contributed by atoms with van der Waals surface area (Å²) < 4.78 is 35.6. The third-order valence-electron chi connectivity index (χ3n) is 4.80. The molecule has 1 aromatic carbocycles. The molecule has 2 atom stereocenters. The minimum atomic E-state index is -1.37. The van der Waals surface area contributed by atoms with Crippen LogP contribution in [0.2, 0.25) is 0 Å². The highest BCUT2D eigenvalue weighted by molar-refractivity contribution is 7.84. The van der Waals surface area contributed by atoms with Gasteiger partial charge in [0.2, 0.25) is 0 Å². The van der Waals surface area contributed by atoms with Crippen LogP contribution >= 0.6 is 0 Å². The van der Waals surface area contributed by atoms with Gasteiger partial charge in [-0.1, -0.05) is 12.1 Å². The summed E-state index contributed by atoms with van der Waals surface area (Å²) in [5.41, 5.74) is -0.154. The summed E-state index contributed by atoms with van der Waals surface area (Å²) in [5, 5.41) is 9.17. The van der Waals surface area contributed by atoms with E-state index >= 15 is 0 Å². The van der Waals surface area contributed by atoms with E-state index < -0.39 is 39.3 Å². The van der Waals surface area contributed by atoms with E-state index in [1.807, 2.05) is 20.8 Å². The molecule has 2 N–H and O–H groups in total. The van der Waals surface area contributed by atoms with Crippen molar-refractivity contribution >= 4 is 17.1 Å². The predicted octanol–water partition coefficient (Wildman–Crippen LogP) is 2.82. The summed E-state index contributed by atoms with van der Waals surface area (Å²) in [4.78, 5) is 12.5. The standard InChI is InChI=1S/C17H23FN2O4S/c1-16(2,3)25(23)19-14-11-5-4-6-12(18)13(11)24-17(14)7-9-20(10-8-17)15(21)22/h4-6,14,19H,7-10H2,1-3H3,(H,21,22)/t14-,25?/m1/s1. The first-order valence-electron chi connectivity index (χ1n) is 8.27. The Bertz CT molecular complexity index is 711. The van der Waals surface area contributed by atoms with Crippen LogP contribution in [0.1, 0.15) is 45.2 Å². The number of para-hydroxylation sites is 1. The predicted molar refractivity (Wildman–Crippen MR) is 92.4 cm³/mol. The average molecular weight is 370 g/mol. The fraction of sp³-hybridized carbons (Fsp3) is 0.588. The molecule has 1 aromatic rings. The van der Waals surface area contributed by atoms with Gasteiger partial charge in [-0.25, -0.2) is 18.1 Å². The third-order valence-corrected chi connectivity index (χ3v) is 6.36. The molecule has 25 heavy (non-hydrogen) atoms. The molecular weight excluding hydrogens is 347 g/mol. The van der Waals surface area contributed by atoms with Crippen LogP contribution in [-0.2, 0) is 11.0 Å². The molecule has 8 heteroatoms. The zero-order valence-electron chi connectivity index (χ0n) is 14.5. The molecule has 6 nitrogen and oxygen atoms in total. The number of rotatable bonds is 2. The van der Waals surface area contributed by atoms with Gasteiger partial charge in [0, 0.05) is 31.5 Å². The van der Waals surface area contributed by atoms with Gasteiger partial charge in [-0.05, 0) is 26.8 Å². The van der Waals surface area contributed by atoms with Crippen molar-refractivity contribution in [1.29, 1.82) is 0 Å². The summed E-state index contributed by atoms with van der Waals surface area (Å²) in [6.07, 6.45) is -0.155. The lowest BCUT2D eigenvalue weighted by molar-refractivity contribution is -0.000710. The second-order valence-corrected chi connectivity index (χ2v) is 9.52. The largest absolute Gasteiger partial charge is 0.482 e. The van der Waals surface area contributed by atoms with Gasteiger partial charge in [-0.2, -0.15) is 0 Å². The number of nitrogens with one attached hydrogen (secondary N) is 1. The summed E-state index contributed by atoms with van der Waals surface area (Å²) in [6, 6.07) is 4.27. The Labute approximate surface area is 148 Å². The van der Waals surface area contributed by atoms with Crippen molar-refractivity contribution in [3.05, 3.63) is 29.6 Å². The van der Waals surface area contributed by atoms with Crippen LogP contribution in [0.4, 0.5) is 9.18 Å². The minimum absolute atomic E-state index is 0.176. The Hall–Kier alpha value is -1.67. The Morgan fingerprint density at radius 2 is 2.04 bits per heavy atom. The maximum Gasteiger partial charge on any atom is 0.407 e. The third kappa shape index (κ3) is 3.25. The SMILES string of the molecule is CC(C)(C)S(=O)N[C@@H]1c2cccc(F)c2OC12CCN(C(=O)O)CC2. The fourth-order valence-corrected chi connectivity index (χ4v) is 4.24. The first-order valence-corrected chi connectivity index (χ1v) is 9.42. The van der Waals surface area contributed by atoms with Gasteiger partial charge in [0.15, 0.2) is 11.6 Å². The van der Waals surface area contributed by atoms with Crippen LogP contribution in [0.15, 0.2) is 18.2 Å². The van der Waals surface area contributed by atoms with E-state index in [-0.39, 0.29) is 5.75 Å². The van der Waals surface area contributed by atoms with E-state index in [1.54, 1.807) is 12.1 Å². The summed E-state index contributed by atoms with van der Waals surface area (Å²) in [6.45, 7) is 6.17. The number of likely N-dealkylation sites (tertiary alicyclic amines) is 1. The zero-order chi connectivity index (χ0) is 18.4. The van der Waals surface area contributed by atoms with Crippen LogP contribution in [0.25, 0.3) is 0 Å². The average Bonchev–Trinajstić information content (AvgIpc) is 2.82. The lowest BCUT2D eigenvalue weighted by Gasteiger charge is -2.41. The number of carbonyl (C=O) groups is 1. The molecule has 1 amide bonds. The van der Waals surface area contributed by atoms with Crippen molar-refractivity contribution in [2.45, 2.75) is 50.0 Å². The lowest BCUT2D eigenvalue weighted by Crippen LogP contribution is -2.54.